The lowest BCUT2D eigenvalue weighted by molar-refractivity contribution is 0.0949. The highest BCUT2D eigenvalue weighted by Crippen LogP contribution is 2.24. The molecular weight excluding hydrogens is 266 g/mol. The molecule has 2 N–H and O–H groups in total. The predicted molar refractivity (Wildman–Crippen MR) is 80.8 cm³/mol. The van der Waals surface area contributed by atoms with Gasteiger partial charge >= 0.3 is 0 Å². The number of aromatic nitrogens is 1. The molecule has 1 fully saturated rings. The number of nitrogens with one attached hydrogen (secondary N) is 1. The smallest absolute Gasteiger partial charge is 0.252 e. The number of amides is 1. The fourth-order valence-electron chi connectivity index (χ4n) is 2.04. The first kappa shape index (κ1) is 15.5. The minimum Gasteiger partial charge on any atom is -0.395 e. The number of aliphatic hydroxyl groups is 1. The fourth-order valence-corrected chi connectivity index (χ4v) is 2.04. The molecule has 0 aliphatic heterocycles. The molecule has 1 aromatic rings. The molecule has 1 aliphatic carbocycles. The van der Waals surface area contributed by atoms with Crippen LogP contribution in [0, 0.1) is 11.8 Å². The number of carbonyl (C=O) groups excluding carboxylic acids is 1. The molecule has 21 heavy (non-hydrogen) atoms. The molecule has 112 valence electrons. The summed E-state index contributed by atoms with van der Waals surface area (Å²) in [6.45, 7) is 1.49. The fraction of sp³-hybridized carbons (Fsp3) is 0.500. The summed E-state index contributed by atoms with van der Waals surface area (Å²) in [5.41, 5.74) is 1.13. The Morgan fingerprint density at radius 3 is 3.10 bits per heavy atom. The lowest BCUT2D eigenvalue weighted by Crippen LogP contribution is -2.34. The topological polar surface area (TPSA) is 65.5 Å². The third-order valence-corrected chi connectivity index (χ3v) is 3.45. The Morgan fingerprint density at radius 1 is 1.57 bits per heavy atom. The van der Waals surface area contributed by atoms with Gasteiger partial charge in [-0.3, -0.25) is 9.78 Å². The van der Waals surface area contributed by atoms with E-state index in [9.17, 15) is 4.79 Å². The van der Waals surface area contributed by atoms with Gasteiger partial charge in [-0.1, -0.05) is 11.8 Å². The van der Waals surface area contributed by atoms with Crippen molar-refractivity contribution in [2.24, 2.45) is 0 Å². The van der Waals surface area contributed by atoms with Gasteiger partial charge in [0.1, 0.15) is 0 Å². The number of nitrogens with zero attached hydrogens (tertiary/aromatic N) is 2. The van der Waals surface area contributed by atoms with Crippen LogP contribution >= 0.6 is 0 Å². The van der Waals surface area contributed by atoms with E-state index in [2.05, 4.69) is 34.1 Å². The highest BCUT2D eigenvalue weighted by atomic mass is 16.2. The normalized spacial score (nSPS) is 13.7. The van der Waals surface area contributed by atoms with Gasteiger partial charge in [-0.15, -0.1) is 0 Å². The molecule has 2 rings (SSSR count). The summed E-state index contributed by atoms with van der Waals surface area (Å²) in [4.78, 5) is 18.5. The van der Waals surface area contributed by atoms with Crippen LogP contribution < -0.4 is 5.32 Å². The van der Waals surface area contributed by atoms with Crippen LogP contribution in [0.15, 0.2) is 18.5 Å². The molecule has 0 saturated heterocycles. The zero-order valence-electron chi connectivity index (χ0n) is 12.3. The predicted octanol–water partition coefficient (Wildman–Crippen LogP) is 0.639. The maximum absolute atomic E-state index is 12.2. The first-order chi connectivity index (χ1) is 10.2. The monoisotopic (exact) mass is 287 g/mol. The Kier molecular flexibility index (Phi) is 5.73. The molecule has 0 bridgehead atoms. The number of aliphatic hydroxyl groups excluding tert-OH is 1. The quantitative estimate of drug-likeness (QED) is 0.754. The van der Waals surface area contributed by atoms with Crippen molar-refractivity contribution in [3.05, 3.63) is 29.6 Å². The Labute approximate surface area is 125 Å². The van der Waals surface area contributed by atoms with Crippen molar-refractivity contribution in [3.63, 3.8) is 0 Å². The second kappa shape index (κ2) is 7.77. The van der Waals surface area contributed by atoms with E-state index in [4.69, 9.17) is 5.11 Å². The average Bonchev–Trinajstić information content (AvgIpc) is 3.32. The lowest BCUT2D eigenvalue weighted by atomic mass is 10.1. The third kappa shape index (κ3) is 4.85. The van der Waals surface area contributed by atoms with Crippen LogP contribution in [0.4, 0.5) is 0 Å². The lowest BCUT2D eigenvalue weighted by Gasteiger charge is -2.15. The molecule has 0 aromatic carbocycles. The van der Waals surface area contributed by atoms with E-state index in [1.54, 1.807) is 18.5 Å². The van der Waals surface area contributed by atoms with Gasteiger partial charge in [-0.25, -0.2) is 0 Å². The Bertz CT molecular complexity index is 544. The van der Waals surface area contributed by atoms with Crippen molar-refractivity contribution in [2.75, 3.05) is 26.7 Å². The van der Waals surface area contributed by atoms with Gasteiger partial charge in [0.15, 0.2) is 0 Å². The summed E-state index contributed by atoms with van der Waals surface area (Å²) >= 11 is 0. The van der Waals surface area contributed by atoms with Crippen molar-refractivity contribution in [3.8, 4) is 11.8 Å². The minimum atomic E-state index is -0.130. The molecular formula is C16H21N3O2. The van der Waals surface area contributed by atoms with E-state index in [-0.39, 0.29) is 12.5 Å². The van der Waals surface area contributed by atoms with Gasteiger partial charge in [0.25, 0.3) is 5.91 Å². The third-order valence-electron chi connectivity index (χ3n) is 3.45. The van der Waals surface area contributed by atoms with Gasteiger partial charge in [0.05, 0.1) is 17.7 Å². The SMILES string of the molecule is CN(CCNC(=O)c1ccncc1C#CCCO)C1CC1. The molecule has 1 aliphatic rings. The summed E-state index contributed by atoms with van der Waals surface area (Å²) in [5.74, 6) is 5.56. The minimum absolute atomic E-state index is 0.0162. The molecule has 1 saturated carbocycles. The molecule has 0 radical (unpaired) electrons. The summed E-state index contributed by atoms with van der Waals surface area (Å²) in [6.07, 6.45) is 6.08. The van der Waals surface area contributed by atoms with Crippen LogP contribution in [0.3, 0.4) is 0 Å². The molecule has 1 aromatic heterocycles. The molecule has 0 unspecified atom stereocenters. The van der Waals surface area contributed by atoms with Crippen LogP contribution in [0.25, 0.3) is 0 Å². The van der Waals surface area contributed by atoms with Crippen molar-refractivity contribution >= 4 is 5.91 Å². The molecule has 5 nitrogen and oxygen atoms in total. The van der Waals surface area contributed by atoms with Crippen molar-refractivity contribution in [2.45, 2.75) is 25.3 Å². The van der Waals surface area contributed by atoms with Crippen molar-refractivity contribution < 1.29 is 9.90 Å². The number of pyridine rings is 1. The highest BCUT2D eigenvalue weighted by molar-refractivity contribution is 5.96. The van der Waals surface area contributed by atoms with Gasteiger partial charge in [0, 0.05) is 37.9 Å². The molecule has 0 atom stereocenters. The van der Waals surface area contributed by atoms with E-state index >= 15 is 0 Å². The number of likely N-dealkylation sites (N-methyl/N-ethyl adjacent to an activating group) is 1. The van der Waals surface area contributed by atoms with E-state index in [0.717, 1.165) is 6.54 Å². The zero-order valence-corrected chi connectivity index (χ0v) is 12.3. The summed E-state index contributed by atoms with van der Waals surface area (Å²) < 4.78 is 0. The van der Waals surface area contributed by atoms with Crippen LogP contribution in [-0.2, 0) is 0 Å². The standard InChI is InChI=1S/C16H21N3O2/c1-19(14-5-6-14)10-9-18-16(21)15-7-8-17-12-13(15)4-2-3-11-20/h7-8,12,14,20H,3,5-6,9-11H2,1H3,(H,18,21). The largest absolute Gasteiger partial charge is 0.395 e. The Morgan fingerprint density at radius 2 is 2.38 bits per heavy atom. The van der Waals surface area contributed by atoms with E-state index in [0.29, 0.717) is 30.1 Å². The van der Waals surface area contributed by atoms with Crippen LogP contribution in [-0.4, -0.2) is 53.7 Å². The van der Waals surface area contributed by atoms with Crippen LogP contribution in [0.2, 0.25) is 0 Å². The Hall–Kier alpha value is -1.90. The van der Waals surface area contributed by atoms with Crippen LogP contribution in [0.5, 0.6) is 0 Å². The summed E-state index contributed by atoms with van der Waals surface area (Å²) in [5, 5.41) is 11.7. The average molecular weight is 287 g/mol. The zero-order chi connectivity index (χ0) is 15.1. The second-order valence-corrected chi connectivity index (χ2v) is 5.16. The number of carbonyl (C=O) groups is 1. The first-order valence-electron chi connectivity index (χ1n) is 7.24. The van der Waals surface area contributed by atoms with Gasteiger partial charge in [-0.2, -0.15) is 0 Å². The van der Waals surface area contributed by atoms with Gasteiger partial charge in [-0.05, 0) is 26.0 Å². The molecule has 1 heterocycles. The Balaban J connectivity index is 1.90. The summed E-state index contributed by atoms with van der Waals surface area (Å²) in [6, 6.07) is 2.37. The maximum Gasteiger partial charge on any atom is 0.252 e. The van der Waals surface area contributed by atoms with Crippen molar-refractivity contribution in [1.82, 2.24) is 15.2 Å². The molecule has 0 spiro atoms. The molecule has 1 amide bonds. The highest BCUT2D eigenvalue weighted by Gasteiger charge is 2.25. The van der Waals surface area contributed by atoms with Gasteiger partial charge < -0.3 is 15.3 Å². The number of hydrogen-bond donors (Lipinski definition) is 2. The number of rotatable bonds is 6. The summed E-state index contributed by atoms with van der Waals surface area (Å²) in [7, 11) is 2.09. The van der Waals surface area contributed by atoms with E-state index in [1.165, 1.54) is 12.8 Å². The second-order valence-electron chi connectivity index (χ2n) is 5.16. The first-order valence-corrected chi connectivity index (χ1v) is 7.24. The van der Waals surface area contributed by atoms with Gasteiger partial charge in [0.2, 0.25) is 0 Å². The van der Waals surface area contributed by atoms with E-state index in [1.807, 2.05) is 0 Å². The number of hydrogen-bond acceptors (Lipinski definition) is 4. The maximum atomic E-state index is 12.2. The van der Waals surface area contributed by atoms with E-state index < -0.39 is 0 Å². The van der Waals surface area contributed by atoms with Crippen LogP contribution in [0.1, 0.15) is 35.2 Å². The molecule has 5 heteroatoms. The van der Waals surface area contributed by atoms with Crippen molar-refractivity contribution in [1.29, 1.82) is 0 Å².